The van der Waals surface area contributed by atoms with E-state index in [1.165, 1.54) is 12.1 Å². The van der Waals surface area contributed by atoms with E-state index in [1.54, 1.807) is 22.9 Å². The molecule has 0 radical (unpaired) electrons. The Morgan fingerprint density at radius 1 is 1.07 bits per heavy atom. The number of carbonyl (C=O) groups excluding carboxylic acids is 1. The Balaban J connectivity index is 2.14. The van der Waals surface area contributed by atoms with Gasteiger partial charge in [-0.2, -0.15) is 5.10 Å². The third-order valence-electron chi connectivity index (χ3n) is 4.40. The molecule has 150 valence electrons. The lowest BCUT2D eigenvalue weighted by molar-refractivity contribution is -0.384. The van der Waals surface area contributed by atoms with E-state index in [0.717, 1.165) is 16.8 Å². The van der Waals surface area contributed by atoms with Crippen LogP contribution in [0.2, 0.25) is 0 Å². The van der Waals surface area contributed by atoms with E-state index < -0.39 is 10.5 Å². The van der Waals surface area contributed by atoms with Crippen molar-refractivity contribution >= 4 is 11.6 Å². The number of aromatic nitrogens is 2. The van der Waals surface area contributed by atoms with E-state index in [1.807, 2.05) is 52.8 Å². The number of benzene rings is 2. The van der Waals surface area contributed by atoms with E-state index >= 15 is 0 Å². The summed E-state index contributed by atoms with van der Waals surface area (Å²) >= 11 is 0. The third-order valence-corrected chi connectivity index (χ3v) is 4.40. The van der Waals surface area contributed by atoms with Crippen molar-refractivity contribution in [3.8, 4) is 16.9 Å². The Kier molecular flexibility index (Phi) is 5.24. The summed E-state index contributed by atoms with van der Waals surface area (Å²) in [4.78, 5) is 23.5. The van der Waals surface area contributed by atoms with Crippen LogP contribution in [0.4, 0.5) is 5.69 Å². The summed E-state index contributed by atoms with van der Waals surface area (Å²) in [7, 11) is 0. The quantitative estimate of drug-likeness (QED) is 0.519. The van der Waals surface area contributed by atoms with Gasteiger partial charge >= 0.3 is 0 Å². The zero-order valence-electron chi connectivity index (χ0n) is 17.2. The summed E-state index contributed by atoms with van der Waals surface area (Å²) in [5, 5.41) is 18.6. The highest BCUT2D eigenvalue weighted by molar-refractivity contribution is 5.95. The minimum Gasteiger partial charge on any atom is -0.346 e. The second kappa shape index (κ2) is 7.50. The number of rotatable bonds is 4. The first-order valence-corrected chi connectivity index (χ1v) is 9.30. The molecule has 7 heteroatoms. The van der Waals surface area contributed by atoms with E-state index in [4.69, 9.17) is 0 Å². The molecule has 0 saturated heterocycles. The molecule has 0 atom stereocenters. The average Bonchev–Trinajstić information content (AvgIpc) is 3.08. The van der Waals surface area contributed by atoms with Gasteiger partial charge in [0.15, 0.2) is 0 Å². The fourth-order valence-corrected chi connectivity index (χ4v) is 2.97. The molecule has 3 aromatic rings. The fraction of sp³-hybridized carbons (Fsp3) is 0.273. The molecule has 1 aromatic heterocycles. The Bertz CT molecular complexity index is 1080. The summed E-state index contributed by atoms with van der Waals surface area (Å²) in [5.41, 5.74) is 4.14. The van der Waals surface area contributed by atoms with E-state index in [2.05, 4.69) is 10.4 Å². The normalized spacial score (nSPS) is 11.3. The predicted molar refractivity (Wildman–Crippen MR) is 112 cm³/mol. The van der Waals surface area contributed by atoms with Crippen molar-refractivity contribution in [3.05, 3.63) is 75.5 Å². The molecule has 1 N–H and O–H groups in total. The largest absolute Gasteiger partial charge is 0.346 e. The topological polar surface area (TPSA) is 90.1 Å². The van der Waals surface area contributed by atoms with Crippen LogP contribution in [-0.4, -0.2) is 26.1 Å². The maximum Gasteiger partial charge on any atom is 0.270 e. The monoisotopic (exact) mass is 392 g/mol. The molecule has 2 aromatic carbocycles. The minimum atomic E-state index is -0.444. The third kappa shape index (κ3) is 4.51. The number of nitrogens with one attached hydrogen (secondary N) is 1. The zero-order valence-corrected chi connectivity index (χ0v) is 17.2. The van der Waals surface area contributed by atoms with Gasteiger partial charge in [0, 0.05) is 23.2 Å². The van der Waals surface area contributed by atoms with Crippen molar-refractivity contribution in [2.45, 2.75) is 40.2 Å². The zero-order chi connectivity index (χ0) is 21.3. The van der Waals surface area contributed by atoms with Crippen molar-refractivity contribution in [1.29, 1.82) is 0 Å². The van der Waals surface area contributed by atoms with Gasteiger partial charge in [-0.3, -0.25) is 14.9 Å². The maximum atomic E-state index is 13.0. The van der Waals surface area contributed by atoms with Crippen molar-refractivity contribution < 1.29 is 9.72 Å². The second-order valence-electron chi connectivity index (χ2n) is 8.12. The number of hydrogen-bond donors (Lipinski definition) is 1. The highest BCUT2D eigenvalue weighted by Gasteiger charge is 2.22. The van der Waals surface area contributed by atoms with E-state index in [9.17, 15) is 14.9 Å². The van der Waals surface area contributed by atoms with Gasteiger partial charge in [-0.25, -0.2) is 4.68 Å². The summed E-state index contributed by atoms with van der Waals surface area (Å²) in [5.74, 6) is -0.237. The maximum absolute atomic E-state index is 13.0. The van der Waals surface area contributed by atoms with Crippen LogP contribution in [0.3, 0.4) is 0 Å². The van der Waals surface area contributed by atoms with Crippen LogP contribution < -0.4 is 5.32 Å². The first kappa shape index (κ1) is 20.3. The number of nitro benzene ring substituents is 1. The number of aryl methyl sites for hydroxylation is 2. The fourth-order valence-electron chi connectivity index (χ4n) is 2.97. The number of hydrogen-bond acceptors (Lipinski definition) is 4. The number of amides is 1. The molecule has 0 unspecified atom stereocenters. The molecule has 0 bridgehead atoms. The molecule has 1 heterocycles. The van der Waals surface area contributed by atoms with Crippen LogP contribution >= 0.6 is 0 Å². The molecule has 29 heavy (non-hydrogen) atoms. The molecular weight excluding hydrogens is 368 g/mol. The first-order chi connectivity index (χ1) is 13.5. The summed E-state index contributed by atoms with van der Waals surface area (Å²) in [6.07, 6.45) is 0. The minimum absolute atomic E-state index is 0.00779. The lowest BCUT2D eigenvalue weighted by Gasteiger charge is -2.21. The smallest absolute Gasteiger partial charge is 0.270 e. The van der Waals surface area contributed by atoms with E-state index in [0.29, 0.717) is 17.0 Å². The molecule has 3 rings (SSSR count). The molecular formula is C22H24N4O3. The highest BCUT2D eigenvalue weighted by Crippen LogP contribution is 2.26. The van der Waals surface area contributed by atoms with Crippen LogP contribution in [0.1, 0.15) is 42.4 Å². The number of nitro groups is 1. The van der Waals surface area contributed by atoms with Crippen LogP contribution in [0.15, 0.2) is 48.5 Å². The van der Waals surface area contributed by atoms with Crippen LogP contribution in [0, 0.1) is 24.0 Å². The number of non-ortho nitro benzene ring substituents is 1. The Morgan fingerprint density at radius 2 is 1.72 bits per heavy atom. The molecule has 0 aliphatic carbocycles. The molecule has 0 aliphatic rings. The summed E-state index contributed by atoms with van der Waals surface area (Å²) in [6.45, 7) is 9.70. The Hall–Kier alpha value is -3.48. The lowest BCUT2D eigenvalue weighted by Crippen LogP contribution is -2.41. The summed E-state index contributed by atoms with van der Waals surface area (Å²) in [6, 6.07) is 13.8. The standard InChI is InChI=1S/C22H24N4O3/c1-14-6-7-15(2)19(12-14)25-20(21(27)23-22(3,4)5)13-18(24-25)16-8-10-17(11-9-16)26(28)29/h6-13H,1-5H3,(H,23,27). The SMILES string of the molecule is Cc1ccc(C)c(-n2nc(-c3ccc([N+](=O)[O-])cc3)cc2C(=O)NC(C)(C)C)c1. The highest BCUT2D eigenvalue weighted by atomic mass is 16.6. The predicted octanol–water partition coefficient (Wildman–Crippen LogP) is 4.59. The van der Waals surface area contributed by atoms with Crippen molar-refractivity contribution in [2.24, 2.45) is 0 Å². The number of carbonyl (C=O) groups is 1. The second-order valence-corrected chi connectivity index (χ2v) is 8.12. The molecule has 1 amide bonds. The number of nitrogens with zero attached hydrogens (tertiary/aromatic N) is 3. The van der Waals surface area contributed by atoms with Gasteiger partial charge in [0.05, 0.1) is 16.3 Å². The molecule has 0 spiro atoms. The molecule has 0 aliphatic heterocycles. The van der Waals surface area contributed by atoms with Crippen molar-refractivity contribution in [1.82, 2.24) is 15.1 Å². The molecule has 0 fully saturated rings. The molecule has 0 saturated carbocycles. The average molecular weight is 392 g/mol. The van der Waals surface area contributed by atoms with Gasteiger partial charge < -0.3 is 5.32 Å². The van der Waals surface area contributed by atoms with Gasteiger partial charge in [0.2, 0.25) is 0 Å². The Morgan fingerprint density at radius 3 is 2.31 bits per heavy atom. The van der Waals surface area contributed by atoms with Crippen LogP contribution in [0.25, 0.3) is 16.9 Å². The van der Waals surface area contributed by atoms with Gasteiger partial charge in [-0.05, 0) is 70.0 Å². The van der Waals surface area contributed by atoms with Gasteiger partial charge in [0.25, 0.3) is 11.6 Å². The van der Waals surface area contributed by atoms with Gasteiger partial charge in [-0.15, -0.1) is 0 Å². The van der Waals surface area contributed by atoms with Gasteiger partial charge in [-0.1, -0.05) is 12.1 Å². The van der Waals surface area contributed by atoms with E-state index in [-0.39, 0.29) is 11.6 Å². The lowest BCUT2D eigenvalue weighted by atomic mass is 10.1. The van der Waals surface area contributed by atoms with Crippen molar-refractivity contribution in [2.75, 3.05) is 0 Å². The Labute approximate surface area is 169 Å². The summed E-state index contributed by atoms with van der Waals surface area (Å²) < 4.78 is 1.64. The van der Waals surface area contributed by atoms with Gasteiger partial charge in [0.1, 0.15) is 5.69 Å². The van der Waals surface area contributed by atoms with Crippen LogP contribution in [-0.2, 0) is 0 Å². The molecule has 7 nitrogen and oxygen atoms in total. The van der Waals surface area contributed by atoms with Crippen LogP contribution in [0.5, 0.6) is 0 Å². The first-order valence-electron chi connectivity index (χ1n) is 9.30. The van der Waals surface area contributed by atoms with Crippen molar-refractivity contribution in [3.63, 3.8) is 0 Å².